The number of carboxylic acids is 1. The minimum Gasteiger partial charge on any atom is -0.478 e. The zero-order chi connectivity index (χ0) is 13.2. The van der Waals surface area contributed by atoms with E-state index in [1.54, 1.807) is 0 Å². The summed E-state index contributed by atoms with van der Waals surface area (Å²) in [6.45, 7) is 0.686. The number of hydrogen-bond acceptors (Lipinski definition) is 6. The largest absolute Gasteiger partial charge is 0.478 e. The summed E-state index contributed by atoms with van der Waals surface area (Å²) in [5.74, 6) is -3.48. The predicted octanol–water partition coefficient (Wildman–Crippen LogP) is -1.79. The number of aliphatic carboxylic acids is 1. The topological polar surface area (TPSA) is 127 Å². The van der Waals surface area contributed by atoms with Gasteiger partial charge in [-0.25, -0.2) is 4.79 Å². The van der Waals surface area contributed by atoms with E-state index in [-0.39, 0.29) is 12.0 Å². The van der Waals surface area contributed by atoms with Gasteiger partial charge in [0.15, 0.2) is 0 Å². The van der Waals surface area contributed by atoms with E-state index in [2.05, 4.69) is 0 Å². The molecule has 0 amide bonds. The average Bonchev–Trinajstić information content (AvgIpc) is 2.23. The molecule has 1 fully saturated rings. The monoisotopic (exact) mass is 248 g/mol. The van der Waals surface area contributed by atoms with Crippen molar-refractivity contribution in [1.82, 2.24) is 0 Å². The van der Waals surface area contributed by atoms with E-state index in [9.17, 15) is 20.1 Å². The molecule has 0 unspecified atom stereocenters. The first-order chi connectivity index (χ1) is 7.80. The third-order valence-corrected chi connectivity index (χ3v) is 2.65. The fourth-order valence-electron chi connectivity index (χ4n) is 1.61. The molecule has 0 aromatic rings. The van der Waals surface area contributed by atoms with E-state index in [0.717, 1.165) is 6.08 Å². The molecule has 17 heavy (non-hydrogen) atoms. The van der Waals surface area contributed by atoms with Crippen molar-refractivity contribution in [2.45, 2.75) is 37.4 Å². The van der Waals surface area contributed by atoms with Crippen LogP contribution in [0.15, 0.2) is 11.6 Å². The highest BCUT2D eigenvalue weighted by molar-refractivity contribution is 5.85. The maximum Gasteiger partial charge on any atom is 0.331 e. The molecule has 4 atom stereocenters. The van der Waals surface area contributed by atoms with Gasteiger partial charge in [0.2, 0.25) is 5.79 Å². The fourth-order valence-corrected chi connectivity index (χ4v) is 1.61. The summed E-state index contributed by atoms with van der Waals surface area (Å²) in [7, 11) is 0. The molecule has 0 aliphatic carbocycles. The summed E-state index contributed by atoms with van der Waals surface area (Å²) >= 11 is 0. The molecule has 0 bridgehead atoms. The van der Waals surface area contributed by atoms with Crippen molar-refractivity contribution in [1.29, 1.82) is 0 Å². The van der Waals surface area contributed by atoms with Crippen molar-refractivity contribution >= 4 is 5.97 Å². The smallest absolute Gasteiger partial charge is 0.331 e. The zero-order valence-electron chi connectivity index (χ0n) is 9.28. The maximum absolute atomic E-state index is 10.6. The van der Waals surface area contributed by atoms with Gasteiger partial charge < -0.3 is 30.3 Å². The van der Waals surface area contributed by atoms with Crippen molar-refractivity contribution < 1.29 is 35.1 Å². The molecule has 0 aromatic carbocycles. The summed E-state index contributed by atoms with van der Waals surface area (Å²) in [6.07, 6.45) is -3.01. The molecule has 0 saturated carbocycles. The molecule has 5 N–H and O–H groups in total. The Balaban J connectivity index is 2.94. The van der Waals surface area contributed by atoms with Crippen molar-refractivity contribution in [3.63, 3.8) is 0 Å². The van der Waals surface area contributed by atoms with Crippen LogP contribution in [0.2, 0.25) is 0 Å². The van der Waals surface area contributed by atoms with Crippen molar-refractivity contribution in [3.8, 4) is 0 Å². The first-order valence-corrected chi connectivity index (χ1v) is 5.10. The van der Waals surface area contributed by atoms with Crippen LogP contribution in [0.4, 0.5) is 0 Å². The molecule has 1 heterocycles. The van der Waals surface area contributed by atoms with Crippen LogP contribution in [-0.2, 0) is 9.53 Å². The van der Waals surface area contributed by atoms with Gasteiger partial charge in [-0.05, 0) is 13.0 Å². The zero-order valence-corrected chi connectivity index (χ0v) is 9.28. The van der Waals surface area contributed by atoms with Crippen molar-refractivity contribution in [2.75, 3.05) is 6.61 Å². The van der Waals surface area contributed by atoms with Crippen LogP contribution < -0.4 is 0 Å². The van der Waals surface area contributed by atoms with Crippen molar-refractivity contribution in [3.05, 3.63) is 11.6 Å². The number of aliphatic hydroxyl groups is 4. The van der Waals surface area contributed by atoms with Crippen molar-refractivity contribution in [2.24, 2.45) is 0 Å². The number of aliphatic hydroxyl groups excluding tert-OH is 3. The summed E-state index contributed by atoms with van der Waals surface area (Å²) in [5, 5.41) is 46.5. The van der Waals surface area contributed by atoms with Crippen LogP contribution in [-0.4, -0.2) is 62.2 Å². The second-order valence-electron chi connectivity index (χ2n) is 4.04. The van der Waals surface area contributed by atoms with Gasteiger partial charge in [-0.3, -0.25) is 0 Å². The quantitative estimate of drug-likeness (QED) is 0.373. The number of carboxylic acid groups (broad SMARTS) is 1. The van der Waals surface area contributed by atoms with Gasteiger partial charge in [0.25, 0.3) is 0 Å². The lowest BCUT2D eigenvalue weighted by Gasteiger charge is -2.41. The van der Waals surface area contributed by atoms with Gasteiger partial charge in [-0.15, -0.1) is 0 Å². The summed E-state index contributed by atoms with van der Waals surface area (Å²) in [4.78, 5) is 10.6. The van der Waals surface area contributed by atoms with Gasteiger partial charge in [-0.1, -0.05) is 0 Å². The van der Waals surface area contributed by atoms with Crippen LogP contribution in [0.3, 0.4) is 0 Å². The normalized spacial score (nSPS) is 39.1. The first kappa shape index (κ1) is 14.1. The van der Waals surface area contributed by atoms with Gasteiger partial charge in [0.1, 0.15) is 12.2 Å². The van der Waals surface area contributed by atoms with E-state index >= 15 is 0 Å². The molecule has 1 rings (SSSR count). The summed E-state index contributed by atoms with van der Waals surface area (Å²) in [6, 6.07) is 0. The van der Waals surface area contributed by atoms with Crippen LogP contribution >= 0.6 is 0 Å². The number of carbonyl (C=O) groups is 1. The Labute approximate surface area is 97.6 Å². The van der Waals surface area contributed by atoms with Gasteiger partial charge in [-0.2, -0.15) is 0 Å². The molecule has 1 aliphatic rings. The molecule has 98 valence electrons. The Bertz CT molecular complexity index is 327. The minimum absolute atomic E-state index is 0.209. The van der Waals surface area contributed by atoms with E-state index in [1.807, 2.05) is 0 Å². The number of ether oxygens (including phenoxy) is 1. The lowest BCUT2D eigenvalue weighted by Crippen LogP contribution is -2.56. The lowest BCUT2D eigenvalue weighted by molar-refractivity contribution is -0.298. The molecule has 1 saturated heterocycles. The Morgan fingerprint density at radius 1 is 1.53 bits per heavy atom. The minimum atomic E-state index is -2.21. The lowest BCUT2D eigenvalue weighted by atomic mass is 9.94. The van der Waals surface area contributed by atoms with Gasteiger partial charge in [0.05, 0.1) is 12.7 Å². The molecular weight excluding hydrogens is 232 g/mol. The summed E-state index contributed by atoms with van der Waals surface area (Å²) < 4.78 is 4.93. The fraction of sp³-hybridized carbons (Fsp3) is 0.700. The molecular formula is C10H16O7. The molecule has 0 spiro atoms. The van der Waals surface area contributed by atoms with Gasteiger partial charge in [0, 0.05) is 12.0 Å². The van der Waals surface area contributed by atoms with Crippen LogP contribution in [0, 0.1) is 0 Å². The SMILES string of the molecule is CC(=C[C@@]1(O)O[C@@H](CO)[C@H](O)C[C@@H]1O)C(=O)O. The molecule has 0 aromatic heterocycles. The third-order valence-electron chi connectivity index (χ3n) is 2.65. The van der Waals surface area contributed by atoms with Crippen LogP contribution in [0.5, 0.6) is 0 Å². The van der Waals surface area contributed by atoms with E-state index in [4.69, 9.17) is 14.9 Å². The Kier molecular flexibility index (Phi) is 4.23. The number of hydrogen-bond donors (Lipinski definition) is 5. The maximum atomic E-state index is 10.6. The number of rotatable bonds is 3. The second kappa shape index (κ2) is 5.11. The second-order valence-corrected chi connectivity index (χ2v) is 4.04. The average molecular weight is 248 g/mol. The molecule has 7 heteroatoms. The molecule has 0 radical (unpaired) electrons. The summed E-state index contributed by atoms with van der Waals surface area (Å²) in [5.41, 5.74) is -0.209. The Hall–Kier alpha value is -0.990. The Morgan fingerprint density at radius 3 is 2.59 bits per heavy atom. The van der Waals surface area contributed by atoms with Crippen LogP contribution in [0.25, 0.3) is 0 Å². The van der Waals surface area contributed by atoms with Crippen LogP contribution in [0.1, 0.15) is 13.3 Å². The Morgan fingerprint density at radius 2 is 2.12 bits per heavy atom. The highest BCUT2D eigenvalue weighted by Gasteiger charge is 2.45. The third kappa shape index (κ3) is 3.02. The predicted molar refractivity (Wildman–Crippen MR) is 54.9 cm³/mol. The highest BCUT2D eigenvalue weighted by Crippen LogP contribution is 2.29. The molecule has 7 nitrogen and oxygen atoms in total. The molecule has 1 aliphatic heterocycles. The van der Waals surface area contributed by atoms with E-state index in [0.29, 0.717) is 0 Å². The van der Waals surface area contributed by atoms with E-state index < -0.39 is 36.7 Å². The van der Waals surface area contributed by atoms with Gasteiger partial charge >= 0.3 is 5.97 Å². The van der Waals surface area contributed by atoms with E-state index in [1.165, 1.54) is 6.92 Å². The first-order valence-electron chi connectivity index (χ1n) is 5.10. The highest BCUT2D eigenvalue weighted by atomic mass is 16.7. The standard InChI is InChI=1S/C10H16O7/c1-5(9(14)15)3-10(16)8(13)2-6(12)7(4-11)17-10/h3,6-8,11-13,16H,2,4H2,1H3,(H,14,15)/t6-,7+,8+,10-/m1/s1.